The van der Waals surface area contributed by atoms with Crippen molar-refractivity contribution in [3.63, 3.8) is 0 Å². The van der Waals surface area contributed by atoms with Gasteiger partial charge in [-0.3, -0.25) is 11.3 Å². The van der Waals surface area contributed by atoms with Gasteiger partial charge in [0.25, 0.3) is 0 Å². The van der Waals surface area contributed by atoms with Crippen molar-refractivity contribution in [2.75, 3.05) is 0 Å². The summed E-state index contributed by atoms with van der Waals surface area (Å²) in [6.07, 6.45) is 6.82. The van der Waals surface area contributed by atoms with E-state index in [2.05, 4.69) is 15.6 Å². The van der Waals surface area contributed by atoms with Gasteiger partial charge >= 0.3 is 0 Å². The Morgan fingerprint density at radius 3 is 2.63 bits per heavy atom. The van der Waals surface area contributed by atoms with Crippen LogP contribution in [0.25, 0.3) is 5.69 Å². The molecule has 1 aliphatic rings. The number of aromatic nitrogens is 3. The molecular formula is C14H19N5. The molecule has 5 nitrogen and oxygen atoms in total. The van der Waals surface area contributed by atoms with Crippen LogP contribution in [-0.4, -0.2) is 15.0 Å². The first kappa shape index (κ1) is 12.3. The van der Waals surface area contributed by atoms with Gasteiger partial charge in [0, 0.05) is 0 Å². The molecule has 1 aromatic carbocycles. The fourth-order valence-electron chi connectivity index (χ4n) is 2.86. The van der Waals surface area contributed by atoms with E-state index in [1.807, 2.05) is 36.5 Å². The normalized spacial score (nSPS) is 17.7. The number of hydrogen-bond donors (Lipinski definition) is 2. The van der Waals surface area contributed by atoms with E-state index in [0.29, 0.717) is 5.92 Å². The molecule has 1 fully saturated rings. The quantitative estimate of drug-likeness (QED) is 0.649. The highest BCUT2D eigenvalue weighted by molar-refractivity contribution is 5.28. The molecule has 1 atom stereocenters. The largest absolute Gasteiger partial charge is 0.271 e. The topological polar surface area (TPSA) is 68.8 Å². The predicted octanol–water partition coefficient (Wildman–Crippen LogP) is 1.96. The standard InChI is InChI=1S/C14H19N5/c15-17-14(11-6-4-5-7-11)13-10-16-19(18-13)12-8-2-1-3-9-12/h1-3,8-11,14,17H,4-7,15H2. The van der Waals surface area contributed by atoms with Gasteiger partial charge in [0.2, 0.25) is 0 Å². The Morgan fingerprint density at radius 2 is 1.95 bits per heavy atom. The molecule has 100 valence electrons. The zero-order valence-electron chi connectivity index (χ0n) is 10.9. The van der Waals surface area contributed by atoms with E-state index >= 15 is 0 Å². The predicted molar refractivity (Wildman–Crippen MR) is 73.4 cm³/mol. The van der Waals surface area contributed by atoms with Crippen molar-refractivity contribution < 1.29 is 0 Å². The van der Waals surface area contributed by atoms with Crippen LogP contribution in [0.15, 0.2) is 36.5 Å². The molecule has 0 amide bonds. The second-order valence-corrected chi connectivity index (χ2v) is 5.08. The number of para-hydroxylation sites is 1. The molecule has 0 spiro atoms. The number of nitrogens with one attached hydrogen (secondary N) is 1. The van der Waals surface area contributed by atoms with Crippen LogP contribution in [0.4, 0.5) is 0 Å². The van der Waals surface area contributed by atoms with Gasteiger partial charge < -0.3 is 0 Å². The number of benzene rings is 1. The maximum atomic E-state index is 5.71. The van der Waals surface area contributed by atoms with Crippen molar-refractivity contribution in [3.8, 4) is 5.69 Å². The van der Waals surface area contributed by atoms with Crippen molar-refractivity contribution in [1.29, 1.82) is 0 Å². The summed E-state index contributed by atoms with van der Waals surface area (Å²) in [5, 5.41) is 8.90. The minimum Gasteiger partial charge on any atom is -0.271 e. The Labute approximate surface area is 112 Å². The molecule has 0 bridgehead atoms. The van der Waals surface area contributed by atoms with Crippen LogP contribution in [0.3, 0.4) is 0 Å². The minimum absolute atomic E-state index is 0.111. The number of nitrogens with two attached hydrogens (primary N) is 1. The molecule has 1 aromatic heterocycles. The van der Waals surface area contributed by atoms with Gasteiger partial charge in [-0.25, -0.2) is 0 Å². The SMILES string of the molecule is NNC(c1cnn(-c2ccccc2)n1)C1CCCC1. The fourth-order valence-corrected chi connectivity index (χ4v) is 2.86. The molecule has 1 heterocycles. The second-order valence-electron chi connectivity index (χ2n) is 5.08. The third-order valence-electron chi connectivity index (χ3n) is 3.87. The van der Waals surface area contributed by atoms with Crippen LogP contribution in [0.1, 0.15) is 37.4 Å². The van der Waals surface area contributed by atoms with E-state index in [1.165, 1.54) is 25.7 Å². The summed E-state index contributed by atoms with van der Waals surface area (Å²) < 4.78 is 0. The van der Waals surface area contributed by atoms with E-state index in [4.69, 9.17) is 5.84 Å². The summed E-state index contributed by atoms with van der Waals surface area (Å²) in [5.41, 5.74) is 4.81. The zero-order chi connectivity index (χ0) is 13.1. The lowest BCUT2D eigenvalue weighted by molar-refractivity contribution is 0.365. The smallest absolute Gasteiger partial charge is 0.102 e. The number of rotatable bonds is 4. The second kappa shape index (κ2) is 5.50. The van der Waals surface area contributed by atoms with Crippen LogP contribution in [0.2, 0.25) is 0 Å². The van der Waals surface area contributed by atoms with E-state index in [-0.39, 0.29) is 6.04 Å². The van der Waals surface area contributed by atoms with E-state index in [0.717, 1.165) is 11.4 Å². The summed E-state index contributed by atoms with van der Waals surface area (Å²) in [4.78, 5) is 1.66. The van der Waals surface area contributed by atoms with E-state index < -0.39 is 0 Å². The number of hydrazine groups is 1. The monoisotopic (exact) mass is 257 g/mol. The summed E-state index contributed by atoms with van der Waals surface area (Å²) >= 11 is 0. The molecule has 3 rings (SSSR count). The molecule has 1 saturated carbocycles. The first-order valence-corrected chi connectivity index (χ1v) is 6.82. The molecule has 3 N–H and O–H groups in total. The number of hydrogen-bond acceptors (Lipinski definition) is 4. The summed E-state index contributed by atoms with van der Waals surface area (Å²) in [7, 11) is 0. The molecule has 0 aliphatic heterocycles. The third-order valence-corrected chi connectivity index (χ3v) is 3.87. The molecule has 1 unspecified atom stereocenters. The zero-order valence-corrected chi connectivity index (χ0v) is 10.9. The Hall–Kier alpha value is -1.72. The fraction of sp³-hybridized carbons (Fsp3) is 0.429. The Kier molecular flexibility index (Phi) is 3.57. The average Bonchev–Trinajstić information content (AvgIpc) is 3.12. The molecular weight excluding hydrogens is 238 g/mol. The van der Waals surface area contributed by atoms with Gasteiger partial charge in [-0.15, -0.1) is 0 Å². The maximum absolute atomic E-state index is 5.71. The van der Waals surface area contributed by atoms with Crippen LogP contribution in [0, 0.1) is 5.92 Å². The molecule has 0 radical (unpaired) electrons. The van der Waals surface area contributed by atoms with E-state index in [9.17, 15) is 0 Å². The molecule has 0 saturated heterocycles. The van der Waals surface area contributed by atoms with E-state index in [1.54, 1.807) is 4.80 Å². The third kappa shape index (κ3) is 2.52. The van der Waals surface area contributed by atoms with Crippen molar-refractivity contribution in [2.45, 2.75) is 31.7 Å². The molecule has 2 aromatic rings. The highest BCUT2D eigenvalue weighted by atomic mass is 15.5. The highest BCUT2D eigenvalue weighted by Gasteiger charge is 2.27. The lowest BCUT2D eigenvalue weighted by Gasteiger charge is -2.19. The van der Waals surface area contributed by atoms with Crippen molar-refractivity contribution >= 4 is 0 Å². The van der Waals surface area contributed by atoms with Gasteiger partial charge in [-0.1, -0.05) is 31.0 Å². The van der Waals surface area contributed by atoms with Gasteiger partial charge in [-0.05, 0) is 30.9 Å². The minimum atomic E-state index is 0.111. The van der Waals surface area contributed by atoms with Crippen LogP contribution < -0.4 is 11.3 Å². The Morgan fingerprint density at radius 1 is 1.21 bits per heavy atom. The van der Waals surface area contributed by atoms with Gasteiger partial charge in [0.1, 0.15) is 5.69 Å². The van der Waals surface area contributed by atoms with Crippen LogP contribution in [-0.2, 0) is 0 Å². The van der Waals surface area contributed by atoms with Crippen LogP contribution in [0.5, 0.6) is 0 Å². The van der Waals surface area contributed by atoms with Gasteiger partial charge in [-0.2, -0.15) is 15.0 Å². The Bertz CT molecular complexity index is 516. The molecule has 5 heteroatoms. The average molecular weight is 257 g/mol. The molecule has 19 heavy (non-hydrogen) atoms. The highest BCUT2D eigenvalue weighted by Crippen LogP contribution is 2.34. The summed E-state index contributed by atoms with van der Waals surface area (Å²) in [6.45, 7) is 0. The van der Waals surface area contributed by atoms with Gasteiger partial charge in [0.05, 0.1) is 17.9 Å². The first-order chi connectivity index (χ1) is 9.38. The summed E-state index contributed by atoms with van der Waals surface area (Å²) in [6, 6.07) is 10.0. The van der Waals surface area contributed by atoms with Gasteiger partial charge in [0.15, 0.2) is 0 Å². The first-order valence-electron chi connectivity index (χ1n) is 6.82. The van der Waals surface area contributed by atoms with Crippen LogP contribution >= 0.6 is 0 Å². The van der Waals surface area contributed by atoms with Crippen molar-refractivity contribution in [1.82, 2.24) is 20.4 Å². The lowest BCUT2D eigenvalue weighted by Crippen LogP contribution is -2.33. The maximum Gasteiger partial charge on any atom is 0.102 e. The van der Waals surface area contributed by atoms with Crippen molar-refractivity contribution in [3.05, 3.63) is 42.2 Å². The lowest BCUT2D eigenvalue weighted by atomic mass is 9.96. The molecule has 1 aliphatic carbocycles. The summed E-state index contributed by atoms with van der Waals surface area (Å²) in [5.74, 6) is 6.28. The Balaban J connectivity index is 1.83. The number of nitrogens with zero attached hydrogens (tertiary/aromatic N) is 3. The van der Waals surface area contributed by atoms with Crippen molar-refractivity contribution in [2.24, 2.45) is 11.8 Å².